The lowest BCUT2D eigenvalue weighted by Crippen LogP contribution is -2.55. The molecule has 0 aliphatic carbocycles. The number of esters is 1. The predicted octanol–water partition coefficient (Wildman–Crippen LogP) is 2.58. The number of halogens is 3. The number of nitro groups is 1. The fourth-order valence-corrected chi connectivity index (χ4v) is 1.68. The van der Waals surface area contributed by atoms with Crippen LogP contribution in [0.1, 0.15) is 39.0 Å². The van der Waals surface area contributed by atoms with Crippen molar-refractivity contribution >= 4 is 5.97 Å². The lowest BCUT2D eigenvalue weighted by molar-refractivity contribution is -0.456. The standard InChI is InChI=1S/C12H18F3NO5/c1-3-4-5-6-7-8-9(16(19)20)11(18,10(17)21-2)12(13,14)15/h8,18H,3-7H2,1-2H3/b9-8-. The summed E-state index contributed by atoms with van der Waals surface area (Å²) < 4.78 is 42.5. The van der Waals surface area contributed by atoms with Gasteiger partial charge in [0.15, 0.2) is 0 Å². The zero-order chi connectivity index (χ0) is 16.7. The van der Waals surface area contributed by atoms with E-state index < -0.39 is 28.4 Å². The molecule has 6 nitrogen and oxygen atoms in total. The minimum absolute atomic E-state index is 0.0499. The van der Waals surface area contributed by atoms with Crippen molar-refractivity contribution in [1.29, 1.82) is 0 Å². The van der Waals surface area contributed by atoms with E-state index in [0.717, 1.165) is 12.8 Å². The minimum Gasteiger partial charge on any atom is -0.466 e. The smallest absolute Gasteiger partial charge is 0.439 e. The Bertz CT molecular complexity index is 408. The first-order chi connectivity index (χ1) is 9.62. The largest absolute Gasteiger partial charge is 0.466 e. The van der Waals surface area contributed by atoms with Crippen molar-refractivity contribution in [2.45, 2.75) is 50.8 Å². The van der Waals surface area contributed by atoms with Crippen LogP contribution in [0.25, 0.3) is 0 Å². The van der Waals surface area contributed by atoms with Gasteiger partial charge in [0.05, 0.1) is 12.0 Å². The van der Waals surface area contributed by atoms with Gasteiger partial charge in [0.2, 0.25) is 0 Å². The third-order valence-electron chi connectivity index (χ3n) is 2.85. The zero-order valence-electron chi connectivity index (χ0n) is 11.8. The number of carbonyl (C=O) groups excluding carboxylic acids is 1. The van der Waals surface area contributed by atoms with E-state index in [4.69, 9.17) is 0 Å². The molecule has 0 aromatic rings. The van der Waals surface area contributed by atoms with Crippen molar-refractivity contribution in [3.8, 4) is 0 Å². The van der Waals surface area contributed by atoms with E-state index in [1.165, 1.54) is 0 Å². The second-order valence-electron chi connectivity index (χ2n) is 4.40. The van der Waals surface area contributed by atoms with Crippen molar-refractivity contribution in [2.24, 2.45) is 0 Å². The molecule has 122 valence electrons. The molecule has 9 heteroatoms. The predicted molar refractivity (Wildman–Crippen MR) is 66.9 cm³/mol. The van der Waals surface area contributed by atoms with Crippen molar-refractivity contribution in [2.75, 3.05) is 7.11 Å². The summed E-state index contributed by atoms with van der Waals surface area (Å²) in [6.45, 7) is 1.93. The molecular weight excluding hydrogens is 295 g/mol. The first-order valence-electron chi connectivity index (χ1n) is 6.35. The number of aliphatic hydroxyl groups is 1. The summed E-state index contributed by atoms with van der Waals surface area (Å²) in [6, 6.07) is 0. The van der Waals surface area contributed by atoms with Crippen molar-refractivity contribution < 1.29 is 32.7 Å². The maximum Gasteiger partial charge on any atom is 0.439 e. The Hall–Kier alpha value is -1.64. The number of nitrogens with zero attached hydrogens (tertiary/aromatic N) is 1. The molecule has 1 N–H and O–H groups in total. The van der Waals surface area contributed by atoms with Crippen LogP contribution in [0.3, 0.4) is 0 Å². The molecule has 0 aromatic heterocycles. The Morgan fingerprint density at radius 2 is 1.90 bits per heavy atom. The second kappa shape index (κ2) is 7.96. The monoisotopic (exact) mass is 313 g/mol. The molecule has 0 aromatic carbocycles. The Morgan fingerprint density at radius 3 is 2.29 bits per heavy atom. The highest BCUT2D eigenvalue weighted by Gasteiger charge is 2.68. The molecule has 1 unspecified atom stereocenters. The van der Waals surface area contributed by atoms with Gasteiger partial charge in [0.25, 0.3) is 5.70 Å². The third-order valence-corrected chi connectivity index (χ3v) is 2.85. The number of allylic oxidation sites excluding steroid dienone is 1. The Morgan fingerprint density at radius 1 is 1.33 bits per heavy atom. The van der Waals surface area contributed by atoms with Gasteiger partial charge in [-0.3, -0.25) is 10.1 Å². The van der Waals surface area contributed by atoms with Gasteiger partial charge >= 0.3 is 17.7 Å². The van der Waals surface area contributed by atoms with Crippen LogP contribution in [0.2, 0.25) is 0 Å². The summed E-state index contributed by atoms with van der Waals surface area (Å²) >= 11 is 0. The Balaban J connectivity index is 5.42. The molecule has 0 fully saturated rings. The number of carbonyl (C=O) groups is 1. The average Bonchev–Trinajstić information content (AvgIpc) is 2.39. The van der Waals surface area contributed by atoms with E-state index in [-0.39, 0.29) is 6.42 Å². The molecule has 0 aliphatic heterocycles. The van der Waals surface area contributed by atoms with Gasteiger partial charge in [-0.25, -0.2) is 4.79 Å². The number of hydrogen-bond acceptors (Lipinski definition) is 5. The molecule has 0 saturated heterocycles. The van der Waals surface area contributed by atoms with Crippen LogP contribution in [-0.4, -0.2) is 34.9 Å². The first kappa shape index (κ1) is 19.4. The van der Waals surface area contributed by atoms with Crippen LogP contribution in [0, 0.1) is 10.1 Å². The summed E-state index contributed by atoms with van der Waals surface area (Å²) in [5.41, 5.74) is -5.89. The van der Waals surface area contributed by atoms with Gasteiger partial charge in [0.1, 0.15) is 0 Å². The molecule has 21 heavy (non-hydrogen) atoms. The van der Waals surface area contributed by atoms with Crippen LogP contribution >= 0.6 is 0 Å². The van der Waals surface area contributed by atoms with Gasteiger partial charge in [0, 0.05) is 0 Å². The highest BCUT2D eigenvalue weighted by Crippen LogP contribution is 2.37. The van der Waals surface area contributed by atoms with Crippen LogP contribution in [-0.2, 0) is 9.53 Å². The number of hydrogen-bond donors (Lipinski definition) is 1. The molecule has 0 spiro atoms. The molecule has 0 radical (unpaired) electrons. The van der Waals surface area contributed by atoms with Crippen molar-refractivity contribution in [1.82, 2.24) is 0 Å². The van der Waals surface area contributed by atoms with Crippen LogP contribution in [0.4, 0.5) is 13.2 Å². The third kappa shape index (κ3) is 4.69. The number of rotatable bonds is 8. The number of ether oxygens (including phenoxy) is 1. The maximum absolute atomic E-state index is 12.9. The summed E-state index contributed by atoms with van der Waals surface area (Å²) in [5, 5.41) is 20.3. The quantitative estimate of drug-likeness (QED) is 0.322. The summed E-state index contributed by atoms with van der Waals surface area (Å²) in [7, 11) is 0.609. The van der Waals surface area contributed by atoms with E-state index in [0.29, 0.717) is 26.0 Å². The van der Waals surface area contributed by atoms with Crippen molar-refractivity contribution in [3.63, 3.8) is 0 Å². The van der Waals surface area contributed by atoms with Crippen LogP contribution in [0.15, 0.2) is 11.8 Å². The summed E-state index contributed by atoms with van der Waals surface area (Å²) in [6.07, 6.45) is -2.15. The normalized spacial score (nSPS) is 15.4. The highest BCUT2D eigenvalue weighted by atomic mass is 19.4. The van der Waals surface area contributed by atoms with E-state index >= 15 is 0 Å². The molecule has 0 aliphatic rings. The highest BCUT2D eigenvalue weighted by molar-refractivity contribution is 5.83. The molecule has 0 bridgehead atoms. The van der Waals surface area contributed by atoms with Gasteiger partial charge in [-0.2, -0.15) is 13.2 Å². The van der Waals surface area contributed by atoms with E-state index in [2.05, 4.69) is 4.74 Å². The average molecular weight is 313 g/mol. The van der Waals surface area contributed by atoms with E-state index in [1.807, 2.05) is 6.92 Å². The minimum atomic E-state index is -5.55. The van der Waals surface area contributed by atoms with E-state index in [1.54, 1.807) is 0 Å². The summed E-state index contributed by atoms with van der Waals surface area (Å²) in [4.78, 5) is 20.6. The van der Waals surface area contributed by atoms with Gasteiger partial charge in [-0.15, -0.1) is 0 Å². The number of methoxy groups -OCH3 is 1. The first-order valence-corrected chi connectivity index (χ1v) is 6.35. The lowest BCUT2D eigenvalue weighted by Gasteiger charge is -2.24. The fourth-order valence-electron chi connectivity index (χ4n) is 1.68. The van der Waals surface area contributed by atoms with Gasteiger partial charge in [-0.05, 0) is 18.9 Å². The van der Waals surface area contributed by atoms with Crippen LogP contribution in [0.5, 0.6) is 0 Å². The number of alkyl halides is 3. The van der Waals surface area contributed by atoms with Crippen LogP contribution < -0.4 is 0 Å². The zero-order valence-corrected chi connectivity index (χ0v) is 11.8. The fraction of sp³-hybridized carbons (Fsp3) is 0.750. The van der Waals surface area contributed by atoms with Crippen molar-refractivity contribution in [3.05, 3.63) is 21.9 Å². The second-order valence-corrected chi connectivity index (χ2v) is 4.40. The molecular formula is C12H18F3NO5. The summed E-state index contributed by atoms with van der Waals surface area (Å²) in [5.74, 6) is -2.13. The van der Waals surface area contributed by atoms with Gasteiger partial charge < -0.3 is 9.84 Å². The molecule has 0 amide bonds. The number of unbranched alkanes of at least 4 members (excludes halogenated alkanes) is 4. The Kier molecular flexibility index (Phi) is 7.34. The lowest BCUT2D eigenvalue weighted by atomic mass is 9.97. The maximum atomic E-state index is 12.9. The van der Waals surface area contributed by atoms with E-state index in [9.17, 15) is 33.2 Å². The SMILES string of the molecule is CCCCCC/C=C(\[N+](=O)[O-])C(O)(C(=O)OC)C(F)(F)F. The molecule has 0 saturated carbocycles. The molecule has 1 atom stereocenters. The molecule has 0 rings (SSSR count). The Labute approximate surface area is 119 Å². The topological polar surface area (TPSA) is 89.7 Å². The molecule has 0 heterocycles. The van der Waals surface area contributed by atoms with Gasteiger partial charge in [-0.1, -0.05) is 26.2 Å².